The normalized spacial score (nSPS) is 31.6. The summed E-state index contributed by atoms with van der Waals surface area (Å²) in [4.78, 5) is 0. The molecule has 4 aliphatic rings. The van der Waals surface area contributed by atoms with E-state index in [2.05, 4.69) is 18.7 Å². The van der Waals surface area contributed by atoms with Crippen molar-refractivity contribution in [2.24, 2.45) is 0 Å². The molecule has 0 atom stereocenters. The fourth-order valence-corrected chi connectivity index (χ4v) is 12.8. The average molecular weight is 363 g/mol. The third-order valence-corrected chi connectivity index (χ3v) is 14.2. The number of ether oxygens (including phenoxy) is 1. The maximum absolute atomic E-state index is 8.07. The molecule has 0 bridgehead atoms. The van der Waals surface area contributed by atoms with Crippen LogP contribution >= 0.6 is 17.8 Å². The van der Waals surface area contributed by atoms with Crippen molar-refractivity contribution in [1.82, 2.24) is 18.7 Å². The summed E-state index contributed by atoms with van der Waals surface area (Å²) >= 11 is 8.07. The van der Waals surface area contributed by atoms with E-state index in [0.29, 0.717) is 0 Å². The van der Waals surface area contributed by atoms with Gasteiger partial charge in [0.1, 0.15) is 0 Å². The van der Waals surface area contributed by atoms with Crippen molar-refractivity contribution in [2.75, 3.05) is 65.6 Å². The summed E-state index contributed by atoms with van der Waals surface area (Å²) in [5, 5.41) is 0. The van der Waals surface area contributed by atoms with Gasteiger partial charge in [0.15, 0.2) is 0 Å². The van der Waals surface area contributed by atoms with Crippen LogP contribution in [0.25, 0.3) is 0 Å². The van der Waals surface area contributed by atoms with E-state index in [9.17, 15) is 0 Å². The summed E-state index contributed by atoms with van der Waals surface area (Å²) < 4.78 is 16.6. The second-order valence-corrected chi connectivity index (χ2v) is 13.1. The summed E-state index contributed by atoms with van der Waals surface area (Å²) in [6.07, 6.45) is 7.81. The maximum atomic E-state index is 8.07. The van der Waals surface area contributed by atoms with Crippen molar-refractivity contribution < 1.29 is 4.74 Å². The summed E-state index contributed by atoms with van der Waals surface area (Å²) in [6, 6.07) is 0. The molecule has 0 aromatic heterocycles. The molecule has 0 aromatic carbocycles. The molecule has 0 aromatic rings. The van der Waals surface area contributed by atoms with Gasteiger partial charge < -0.3 is 0 Å². The van der Waals surface area contributed by atoms with Gasteiger partial charge in [-0.25, -0.2) is 0 Å². The van der Waals surface area contributed by atoms with Crippen LogP contribution in [0.2, 0.25) is 0 Å². The number of nitrogens with zero attached hydrogens (tertiary/aromatic N) is 4. The minimum atomic E-state index is -2.88. The quantitative estimate of drug-likeness (QED) is 0.715. The molecule has 5 nitrogen and oxygen atoms in total. The molecule has 7 heteroatoms. The van der Waals surface area contributed by atoms with Crippen LogP contribution < -0.4 is 0 Å². The second kappa shape index (κ2) is 6.68. The molecule has 4 rings (SSSR count). The van der Waals surface area contributed by atoms with Gasteiger partial charge in [-0.2, -0.15) is 0 Å². The molecule has 4 heterocycles. The molecule has 134 valence electrons. The molecular weight excluding hydrogens is 331 g/mol. The standard InChI is InChI=1S/C16H32ClN4OP/c17-23(18-7-1-2-8-18,19-9-3-4-10-19,20-11-5-6-12-20)21-13-15-22-16-14-21/h1-16H2. The fourth-order valence-electron chi connectivity index (χ4n) is 5.10. The third-order valence-electron chi connectivity index (χ3n) is 6.18. The van der Waals surface area contributed by atoms with Crippen molar-refractivity contribution in [2.45, 2.75) is 38.5 Å². The topological polar surface area (TPSA) is 22.2 Å². The summed E-state index contributed by atoms with van der Waals surface area (Å²) in [7, 11) is 0. The Balaban J connectivity index is 1.80. The average Bonchev–Trinajstić information content (AvgIpc) is 3.39. The Labute approximate surface area is 145 Å². The van der Waals surface area contributed by atoms with Gasteiger partial charge in [-0.15, -0.1) is 0 Å². The first-order valence-corrected chi connectivity index (χ1v) is 12.5. The van der Waals surface area contributed by atoms with E-state index in [1.54, 1.807) is 0 Å². The van der Waals surface area contributed by atoms with Gasteiger partial charge in [0.05, 0.1) is 0 Å². The van der Waals surface area contributed by atoms with E-state index in [4.69, 9.17) is 16.0 Å². The molecule has 0 radical (unpaired) electrons. The summed E-state index contributed by atoms with van der Waals surface area (Å²) in [6.45, 7) is 7.80. The van der Waals surface area contributed by atoms with E-state index in [-0.39, 0.29) is 0 Å². The van der Waals surface area contributed by atoms with Crippen LogP contribution in [0.5, 0.6) is 0 Å². The Bertz CT molecular complexity index is 373. The third kappa shape index (κ3) is 2.51. The molecule has 0 N–H and O–H groups in total. The van der Waals surface area contributed by atoms with E-state index in [0.717, 1.165) is 26.3 Å². The zero-order chi connectivity index (χ0) is 15.8. The first-order valence-electron chi connectivity index (χ1n) is 9.58. The molecule has 4 aliphatic heterocycles. The summed E-state index contributed by atoms with van der Waals surface area (Å²) in [5.41, 5.74) is 0. The van der Waals surface area contributed by atoms with Gasteiger partial charge in [-0.1, -0.05) is 0 Å². The first-order chi connectivity index (χ1) is 11.2. The van der Waals surface area contributed by atoms with Gasteiger partial charge >= 0.3 is 145 Å². The van der Waals surface area contributed by atoms with Crippen LogP contribution in [0.4, 0.5) is 0 Å². The van der Waals surface area contributed by atoms with E-state index >= 15 is 0 Å². The number of rotatable bonds is 4. The van der Waals surface area contributed by atoms with Crippen LogP contribution in [0.3, 0.4) is 0 Å². The van der Waals surface area contributed by atoms with Crippen LogP contribution in [0.1, 0.15) is 38.5 Å². The molecule has 0 unspecified atom stereocenters. The van der Waals surface area contributed by atoms with Crippen molar-refractivity contribution in [3.8, 4) is 0 Å². The van der Waals surface area contributed by atoms with Gasteiger partial charge in [0.25, 0.3) is 0 Å². The van der Waals surface area contributed by atoms with E-state index in [1.807, 2.05) is 0 Å². The van der Waals surface area contributed by atoms with Crippen LogP contribution in [0.15, 0.2) is 0 Å². The SMILES string of the molecule is ClP(N1CCCC1)(N1CCCC1)(N1CCCC1)N1CCOCC1. The molecule has 4 fully saturated rings. The molecule has 0 aliphatic carbocycles. The van der Waals surface area contributed by atoms with Crippen LogP contribution in [-0.2, 0) is 4.74 Å². The number of halogens is 1. The van der Waals surface area contributed by atoms with E-state index in [1.165, 1.54) is 77.8 Å². The Hall–Kier alpha value is 0.520. The Morgan fingerprint density at radius 2 is 0.826 bits per heavy atom. The molecule has 0 amide bonds. The Morgan fingerprint density at radius 3 is 1.17 bits per heavy atom. The molecule has 0 saturated carbocycles. The van der Waals surface area contributed by atoms with Crippen molar-refractivity contribution >= 4 is 17.8 Å². The summed E-state index contributed by atoms with van der Waals surface area (Å²) in [5.74, 6) is 0. The van der Waals surface area contributed by atoms with Crippen molar-refractivity contribution in [3.05, 3.63) is 0 Å². The Kier molecular flexibility index (Phi) is 4.92. The molecule has 4 saturated heterocycles. The molecule has 23 heavy (non-hydrogen) atoms. The van der Waals surface area contributed by atoms with Gasteiger partial charge in [-0.05, 0) is 0 Å². The van der Waals surface area contributed by atoms with Crippen molar-refractivity contribution in [1.29, 1.82) is 0 Å². The second-order valence-electron chi connectivity index (χ2n) is 7.39. The Morgan fingerprint density at radius 1 is 0.522 bits per heavy atom. The molecule has 0 spiro atoms. The van der Waals surface area contributed by atoms with Crippen LogP contribution in [0, 0.1) is 0 Å². The predicted octanol–water partition coefficient (Wildman–Crippen LogP) is 2.97. The predicted molar refractivity (Wildman–Crippen MR) is 97.6 cm³/mol. The van der Waals surface area contributed by atoms with Gasteiger partial charge in [0, 0.05) is 0 Å². The molecular formula is C16H32ClN4OP. The van der Waals surface area contributed by atoms with Gasteiger partial charge in [0.2, 0.25) is 0 Å². The minimum absolute atomic E-state index is 0.833. The number of morpholine rings is 1. The van der Waals surface area contributed by atoms with Gasteiger partial charge in [-0.3, -0.25) is 0 Å². The zero-order valence-electron chi connectivity index (χ0n) is 14.3. The first kappa shape index (κ1) is 17.0. The van der Waals surface area contributed by atoms with Crippen molar-refractivity contribution in [3.63, 3.8) is 0 Å². The van der Waals surface area contributed by atoms with E-state index < -0.39 is 6.56 Å². The monoisotopic (exact) mass is 362 g/mol. The van der Waals surface area contributed by atoms with Crippen LogP contribution in [-0.4, -0.2) is 84.3 Å². The number of hydrogen-bond acceptors (Lipinski definition) is 5. The number of hydrogen-bond donors (Lipinski definition) is 0. The fraction of sp³-hybridized carbons (Fsp3) is 1.00. The zero-order valence-corrected chi connectivity index (χ0v) is 16.0.